The van der Waals surface area contributed by atoms with Gasteiger partial charge in [-0.05, 0) is 86.1 Å². The van der Waals surface area contributed by atoms with Crippen LogP contribution in [0.3, 0.4) is 0 Å². The zero-order valence-electron chi connectivity index (χ0n) is 23.6. The fraction of sp³-hybridized carbons (Fsp3) is 0.281. The van der Waals surface area contributed by atoms with Crippen molar-refractivity contribution in [2.24, 2.45) is 0 Å². The van der Waals surface area contributed by atoms with E-state index in [1.807, 2.05) is 78.8 Å². The highest BCUT2D eigenvalue weighted by Gasteiger charge is 2.41. The highest BCUT2D eigenvalue weighted by molar-refractivity contribution is 7.80. The van der Waals surface area contributed by atoms with E-state index in [1.165, 1.54) is 6.07 Å². The van der Waals surface area contributed by atoms with Gasteiger partial charge in [0.25, 0.3) is 0 Å². The number of carbonyl (C=O) groups excluding carboxylic acids is 1. The number of benzene rings is 2. The Kier molecular flexibility index (Phi) is 8.36. The SMILES string of the molecule is CCc1ccccc1NC(=O)CCN1C(=S)NC(c2ccccn2)C1c1cc(C)n(-c2cccc(C(F)(F)F)c2)c1C. The maximum absolute atomic E-state index is 13.5. The van der Waals surface area contributed by atoms with Gasteiger partial charge in [0.1, 0.15) is 0 Å². The van der Waals surface area contributed by atoms with Crippen molar-refractivity contribution in [2.75, 3.05) is 11.9 Å². The molecule has 6 nitrogen and oxygen atoms in total. The Balaban J connectivity index is 1.48. The molecule has 0 saturated carbocycles. The molecule has 1 aliphatic heterocycles. The van der Waals surface area contributed by atoms with Gasteiger partial charge < -0.3 is 20.1 Å². The summed E-state index contributed by atoms with van der Waals surface area (Å²) in [4.78, 5) is 19.6. The molecule has 2 atom stereocenters. The van der Waals surface area contributed by atoms with Crippen LogP contribution in [0.1, 0.15) is 59.2 Å². The molecule has 2 aromatic carbocycles. The average molecular weight is 592 g/mol. The summed E-state index contributed by atoms with van der Waals surface area (Å²) in [7, 11) is 0. The van der Waals surface area contributed by atoms with Crippen molar-refractivity contribution < 1.29 is 18.0 Å². The number of hydrogen-bond acceptors (Lipinski definition) is 3. The van der Waals surface area contributed by atoms with Gasteiger partial charge in [0.2, 0.25) is 5.91 Å². The number of amides is 1. The first-order valence-corrected chi connectivity index (χ1v) is 14.2. The molecular formula is C32H32F3N5OS. The van der Waals surface area contributed by atoms with Gasteiger partial charge in [-0.25, -0.2) is 0 Å². The average Bonchev–Trinajstić information content (AvgIpc) is 3.46. The van der Waals surface area contributed by atoms with Crippen molar-refractivity contribution >= 4 is 28.9 Å². The Morgan fingerprint density at radius 2 is 1.81 bits per heavy atom. The zero-order valence-corrected chi connectivity index (χ0v) is 24.4. The van der Waals surface area contributed by atoms with Crippen LogP contribution >= 0.6 is 12.2 Å². The summed E-state index contributed by atoms with van der Waals surface area (Å²) in [5.74, 6) is -0.131. The molecule has 0 spiro atoms. The number of anilines is 1. The summed E-state index contributed by atoms with van der Waals surface area (Å²) in [5, 5.41) is 6.90. The van der Waals surface area contributed by atoms with Gasteiger partial charge in [-0.2, -0.15) is 13.2 Å². The van der Waals surface area contributed by atoms with Crippen LogP contribution in [0.4, 0.5) is 18.9 Å². The first-order chi connectivity index (χ1) is 20.1. The number of aryl methyl sites for hydroxylation is 2. The molecule has 1 saturated heterocycles. The first-order valence-electron chi connectivity index (χ1n) is 13.8. The molecule has 218 valence electrons. The smallest absolute Gasteiger partial charge is 0.352 e. The molecule has 4 aromatic rings. The third kappa shape index (κ3) is 5.90. The zero-order chi connectivity index (χ0) is 30.0. The molecule has 3 heterocycles. The van der Waals surface area contributed by atoms with Crippen LogP contribution in [-0.4, -0.2) is 32.0 Å². The fourth-order valence-corrected chi connectivity index (χ4v) is 6.01. The number of pyridine rings is 1. The van der Waals surface area contributed by atoms with Gasteiger partial charge in [-0.1, -0.05) is 37.3 Å². The molecule has 10 heteroatoms. The second-order valence-corrected chi connectivity index (χ2v) is 10.7. The van der Waals surface area contributed by atoms with Gasteiger partial charge in [-0.3, -0.25) is 9.78 Å². The predicted molar refractivity (Wildman–Crippen MR) is 161 cm³/mol. The molecule has 0 aliphatic carbocycles. The minimum atomic E-state index is -4.45. The molecule has 5 rings (SSSR count). The van der Waals surface area contributed by atoms with E-state index in [-0.39, 0.29) is 24.4 Å². The van der Waals surface area contributed by atoms with Crippen molar-refractivity contribution in [1.29, 1.82) is 0 Å². The Hall–Kier alpha value is -4.18. The summed E-state index contributed by atoms with van der Waals surface area (Å²) >= 11 is 5.77. The topological polar surface area (TPSA) is 62.2 Å². The number of hydrogen-bond donors (Lipinski definition) is 2. The summed E-state index contributed by atoms with van der Waals surface area (Å²) in [6.07, 6.45) is -1.75. The van der Waals surface area contributed by atoms with Gasteiger partial charge >= 0.3 is 6.18 Å². The lowest BCUT2D eigenvalue weighted by molar-refractivity contribution is -0.137. The minimum Gasteiger partial charge on any atom is -0.352 e. The third-order valence-corrected chi connectivity index (χ3v) is 8.02. The highest BCUT2D eigenvalue weighted by Crippen LogP contribution is 2.42. The van der Waals surface area contributed by atoms with E-state index in [0.29, 0.717) is 17.3 Å². The monoisotopic (exact) mass is 591 g/mol. The van der Waals surface area contributed by atoms with Crippen molar-refractivity contribution in [3.8, 4) is 5.69 Å². The van der Waals surface area contributed by atoms with Crippen LogP contribution in [0.5, 0.6) is 0 Å². The lowest BCUT2D eigenvalue weighted by Gasteiger charge is -2.28. The van der Waals surface area contributed by atoms with Crippen LogP contribution < -0.4 is 10.6 Å². The second kappa shape index (κ2) is 12.0. The number of aromatic nitrogens is 2. The van der Waals surface area contributed by atoms with E-state index in [1.54, 1.807) is 12.3 Å². The Morgan fingerprint density at radius 3 is 2.52 bits per heavy atom. The number of para-hydroxylation sites is 1. The van der Waals surface area contributed by atoms with E-state index < -0.39 is 11.7 Å². The van der Waals surface area contributed by atoms with E-state index in [9.17, 15) is 18.0 Å². The summed E-state index contributed by atoms with van der Waals surface area (Å²) in [6, 6.07) is 20.0. The largest absolute Gasteiger partial charge is 0.416 e. The van der Waals surface area contributed by atoms with Gasteiger partial charge in [-0.15, -0.1) is 0 Å². The van der Waals surface area contributed by atoms with Gasteiger partial charge in [0.15, 0.2) is 5.11 Å². The number of thiocarbonyl (C=S) groups is 1. The molecule has 1 aliphatic rings. The second-order valence-electron chi connectivity index (χ2n) is 10.3. The standard InChI is InChI=1S/C32H32F3N5OS/c1-4-22-10-5-6-13-26(22)37-28(41)15-17-39-30(29(38-31(39)42)27-14-7-8-16-36-27)25-18-20(2)40(21(25)3)24-12-9-11-23(19-24)32(33,34)35/h5-14,16,18-19,29-30H,4,15,17H2,1-3H3,(H,37,41)(H,38,42). The van der Waals surface area contributed by atoms with Crippen LogP contribution in [0.15, 0.2) is 79.0 Å². The number of nitrogens with zero attached hydrogens (tertiary/aromatic N) is 3. The van der Waals surface area contributed by atoms with Crippen molar-refractivity contribution in [3.05, 3.63) is 113 Å². The van der Waals surface area contributed by atoms with Gasteiger partial charge in [0, 0.05) is 41.9 Å². The summed E-state index contributed by atoms with van der Waals surface area (Å²) < 4.78 is 42.4. The molecule has 42 heavy (non-hydrogen) atoms. The fourth-order valence-electron chi connectivity index (χ4n) is 5.68. The lowest BCUT2D eigenvalue weighted by atomic mass is 9.96. The van der Waals surface area contributed by atoms with E-state index in [0.717, 1.165) is 52.4 Å². The minimum absolute atomic E-state index is 0.131. The van der Waals surface area contributed by atoms with Crippen molar-refractivity contribution in [2.45, 2.75) is 51.9 Å². The van der Waals surface area contributed by atoms with Crippen LogP contribution in [0.25, 0.3) is 5.69 Å². The van der Waals surface area contributed by atoms with E-state index >= 15 is 0 Å². The number of halogens is 3. The lowest BCUT2D eigenvalue weighted by Crippen LogP contribution is -2.33. The summed E-state index contributed by atoms with van der Waals surface area (Å²) in [6.45, 7) is 6.15. The predicted octanol–water partition coefficient (Wildman–Crippen LogP) is 7.07. The van der Waals surface area contributed by atoms with Crippen molar-refractivity contribution in [3.63, 3.8) is 0 Å². The molecule has 2 unspecified atom stereocenters. The molecule has 1 amide bonds. The third-order valence-electron chi connectivity index (χ3n) is 7.67. The Bertz CT molecular complexity index is 1600. The number of rotatable bonds is 8. The quantitative estimate of drug-likeness (QED) is 0.215. The number of nitrogens with one attached hydrogen (secondary N) is 2. The molecule has 0 radical (unpaired) electrons. The van der Waals surface area contributed by atoms with Crippen LogP contribution in [0, 0.1) is 13.8 Å². The molecule has 2 aromatic heterocycles. The molecule has 0 bridgehead atoms. The van der Waals surface area contributed by atoms with E-state index in [2.05, 4.69) is 15.6 Å². The van der Waals surface area contributed by atoms with E-state index in [4.69, 9.17) is 12.2 Å². The van der Waals surface area contributed by atoms with Gasteiger partial charge in [0.05, 0.1) is 23.3 Å². The van der Waals surface area contributed by atoms with Crippen molar-refractivity contribution in [1.82, 2.24) is 19.8 Å². The Morgan fingerprint density at radius 1 is 1.05 bits per heavy atom. The molecular weight excluding hydrogens is 559 g/mol. The molecule has 2 N–H and O–H groups in total. The normalized spacial score (nSPS) is 16.9. The maximum atomic E-state index is 13.5. The number of alkyl halides is 3. The molecule has 1 fully saturated rings. The number of carbonyl (C=O) groups is 1. The summed E-state index contributed by atoms with van der Waals surface area (Å²) in [5.41, 5.74) is 4.81. The Labute approximate surface area is 248 Å². The first kappa shape index (κ1) is 29.3. The maximum Gasteiger partial charge on any atom is 0.416 e. The highest BCUT2D eigenvalue weighted by atomic mass is 32.1. The van der Waals surface area contributed by atoms with Crippen LogP contribution in [0.2, 0.25) is 0 Å². The van der Waals surface area contributed by atoms with Crippen LogP contribution in [-0.2, 0) is 17.4 Å².